The molecule has 0 aliphatic rings. The Morgan fingerprint density at radius 2 is 1.57 bits per heavy atom. The Morgan fingerprint density at radius 3 is 2.21 bits per heavy atom. The number of aliphatic hydroxyl groups is 1. The van der Waals surface area contributed by atoms with E-state index in [0.29, 0.717) is 0 Å². The second kappa shape index (κ2) is 12.3. The zero-order chi connectivity index (χ0) is 10.5. The molecule has 0 atom stereocenters. The van der Waals surface area contributed by atoms with Crippen molar-refractivity contribution in [3.05, 3.63) is 12.7 Å². The van der Waals surface area contributed by atoms with Crippen LogP contribution in [0.4, 0.5) is 0 Å². The number of rotatable bonds is 8. The lowest BCUT2D eigenvalue weighted by Crippen LogP contribution is -1.79. The van der Waals surface area contributed by atoms with Crippen LogP contribution >= 0.6 is 0 Å². The molecule has 0 bridgehead atoms. The summed E-state index contributed by atoms with van der Waals surface area (Å²) < 4.78 is 0. The molecule has 14 heavy (non-hydrogen) atoms. The highest BCUT2D eigenvalue weighted by molar-refractivity contribution is 4.98. The molecule has 0 saturated carbocycles. The van der Waals surface area contributed by atoms with E-state index in [0.717, 1.165) is 12.8 Å². The molecule has 1 N–H and O–H groups in total. The molecule has 0 amide bonds. The van der Waals surface area contributed by atoms with Crippen LogP contribution in [0.1, 0.15) is 51.4 Å². The van der Waals surface area contributed by atoms with Crippen LogP contribution in [0.3, 0.4) is 0 Å². The number of hydrogen-bond acceptors (Lipinski definition) is 1. The van der Waals surface area contributed by atoms with Crippen molar-refractivity contribution in [2.24, 2.45) is 0 Å². The van der Waals surface area contributed by atoms with Gasteiger partial charge in [-0.25, -0.2) is 0 Å². The van der Waals surface area contributed by atoms with E-state index in [1.807, 2.05) is 6.08 Å². The summed E-state index contributed by atoms with van der Waals surface area (Å²) in [6, 6.07) is 0. The smallest absolute Gasteiger partial charge is 0.104 e. The molecule has 0 spiro atoms. The first-order valence-electron chi connectivity index (χ1n) is 5.59. The van der Waals surface area contributed by atoms with Gasteiger partial charge in [-0.1, -0.05) is 37.7 Å². The van der Waals surface area contributed by atoms with Crippen LogP contribution in [0, 0.1) is 11.8 Å². The Bertz CT molecular complexity index is 173. The van der Waals surface area contributed by atoms with Crippen molar-refractivity contribution in [3.63, 3.8) is 0 Å². The quantitative estimate of drug-likeness (QED) is 0.357. The minimum Gasteiger partial charge on any atom is -0.384 e. The lowest BCUT2D eigenvalue weighted by Gasteiger charge is -1.98. The van der Waals surface area contributed by atoms with Crippen LogP contribution in [0.5, 0.6) is 0 Å². The van der Waals surface area contributed by atoms with Crippen LogP contribution in [-0.2, 0) is 0 Å². The second-order valence-electron chi connectivity index (χ2n) is 3.46. The predicted octanol–water partition coefficient (Wildman–Crippen LogP) is 3.29. The standard InChI is InChI=1S/C13H22O/c1-2-3-4-5-6-7-8-9-10-11-12-13-14/h2,14H,1,3-10,13H2. The molecule has 0 unspecified atom stereocenters. The summed E-state index contributed by atoms with van der Waals surface area (Å²) in [7, 11) is 0. The molecule has 0 saturated heterocycles. The number of aliphatic hydroxyl groups excluding tert-OH is 1. The highest BCUT2D eigenvalue weighted by Crippen LogP contribution is 2.08. The Balaban J connectivity index is 2.95. The number of allylic oxidation sites excluding steroid dienone is 1. The van der Waals surface area contributed by atoms with Gasteiger partial charge in [0.2, 0.25) is 0 Å². The predicted molar refractivity (Wildman–Crippen MR) is 62.0 cm³/mol. The average molecular weight is 194 g/mol. The molecular formula is C13H22O. The van der Waals surface area contributed by atoms with Gasteiger partial charge in [0, 0.05) is 6.42 Å². The topological polar surface area (TPSA) is 20.2 Å². The van der Waals surface area contributed by atoms with E-state index in [1.165, 1.54) is 38.5 Å². The Kier molecular flexibility index (Phi) is 11.6. The van der Waals surface area contributed by atoms with Crippen molar-refractivity contribution in [3.8, 4) is 11.8 Å². The van der Waals surface area contributed by atoms with Gasteiger partial charge in [0.15, 0.2) is 0 Å². The molecule has 0 radical (unpaired) electrons. The zero-order valence-corrected chi connectivity index (χ0v) is 9.10. The highest BCUT2D eigenvalue weighted by atomic mass is 16.2. The summed E-state index contributed by atoms with van der Waals surface area (Å²) in [5.74, 6) is 5.59. The first-order chi connectivity index (χ1) is 6.91. The van der Waals surface area contributed by atoms with Crippen molar-refractivity contribution in [1.82, 2.24) is 0 Å². The van der Waals surface area contributed by atoms with E-state index >= 15 is 0 Å². The number of hydrogen-bond donors (Lipinski definition) is 1. The minimum absolute atomic E-state index is 0.00154. The lowest BCUT2D eigenvalue weighted by molar-refractivity contribution is 0.350. The first kappa shape index (κ1) is 13.3. The molecule has 1 nitrogen and oxygen atoms in total. The van der Waals surface area contributed by atoms with Gasteiger partial charge in [0.25, 0.3) is 0 Å². The number of unbranched alkanes of at least 4 members (excludes halogenated alkanes) is 7. The lowest BCUT2D eigenvalue weighted by atomic mass is 10.1. The normalized spacial score (nSPS) is 9.21. The SMILES string of the molecule is C=CCCCCCCCCC#CCO. The summed E-state index contributed by atoms with van der Waals surface area (Å²) in [6.07, 6.45) is 11.8. The fourth-order valence-corrected chi connectivity index (χ4v) is 1.35. The van der Waals surface area contributed by atoms with Crippen LogP contribution in [0.15, 0.2) is 12.7 Å². The highest BCUT2D eigenvalue weighted by Gasteiger charge is 1.89. The maximum atomic E-state index is 8.41. The average Bonchev–Trinajstić information content (AvgIpc) is 2.21. The molecule has 0 aromatic heterocycles. The Morgan fingerprint density at radius 1 is 0.929 bits per heavy atom. The van der Waals surface area contributed by atoms with E-state index in [2.05, 4.69) is 18.4 Å². The van der Waals surface area contributed by atoms with Gasteiger partial charge in [-0.15, -0.1) is 12.5 Å². The van der Waals surface area contributed by atoms with Crippen molar-refractivity contribution in [1.29, 1.82) is 0 Å². The fourth-order valence-electron chi connectivity index (χ4n) is 1.35. The van der Waals surface area contributed by atoms with Crippen molar-refractivity contribution in [2.45, 2.75) is 51.4 Å². The van der Waals surface area contributed by atoms with E-state index in [4.69, 9.17) is 5.11 Å². The van der Waals surface area contributed by atoms with E-state index in [9.17, 15) is 0 Å². The van der Waals surface area contributed by atoms with Gasteiger partial charge in [-0.3, -0.25) is 0 Å². The van der Waals surface area contributed by atoms with Crippen molar-refractivity contribution < 1.29 is 5.11 Å². The fraction of sp³-hybridized carbons (Fsp3) is 0.692. The van der Waals surface area contributed by atoms with Crippen LogP contribution in [0.2, 0.25) is 0 Å². The molecule has 0 aromatic rings. The third-order valence-electron chi connectivity index (χ3n) is 2.16. The van der Waals surface area contributed by atoms with Gasteiger partial charge < -0.3 is 5.11 Å². The van der Waals surface area contributed by atoms with Gasteiger partial charge in [-0.05, 0) is 19.3 Å². The molecule has 0 fully saturated rings. The summed E-state index contributed by atoms with van der Waals surface area (Å²) in [6.45, 7) is 3.70. The largest absolute Gasteiger partial charge is 0.384 e. The van der Waals surface area contributed by atoms with Crippen molar-refractivity contribution >= 4 is 0 Å². The molecule has 0 aliphatic heterocycles. The van der Waals surface area contributed by atoms with Crippen LogP contribution < -0.4 is 0 Å². The van der Waals surface area contributed by atoms with Gasteiger partial charge in [0.1, 0.15) is 6.61 Å². The van der Waals surface area contributed by atoms with E-state index < -0.39 is 0 Å². The third kappa shape index (κ3) is 11.3. The molecular weight excluding hydrogens is 172 g/mol. The molecule has 0 heterocycles. The molecule has 80 valence electrons. The Hall–Kier alpha value is -0.740. The Labute approximate surface area is 88.2 Å². The van der Waals surface area contributed by atoms with Crippen LogP contribution in [0.25, 0.3) is 0 Å². The van der Waals surface area contributed by atoms with Crippen molar-refractivity contribution in [2.75, 3.05) is 6.61 Å². The maximum absolute atomic E-state index is 8.41. The second-order valence-corrected chi connectivity index (χ2v) is 3.46. The zero-order valence-electron chi connectivity index (χ0n) is 9.10. The van der Waals surface area contributed by atoms with Gasteiger partial charge in [-0.2, -0.15) is 0 Å². The minimum atomic E-state index is 0.00154. The molecule has 0 aliphatic carbocycles. The van der Waals surface area contributed by atoms with E-state index in [1.54, 1.807) is 0 Å². The van der Waals surface area contributed by atoms with E-state index in [-0.39, 0.29) is 6.61 Å². The summed E-state index contributed by atoms with van der Waals surface area (Å²) >= 11 is 0. The molecule has 1 heteroatoms. The summed E-state index contributed by atoms with van der Waals surface area (Å²) in [4.78, 5) is 0. The first-order valence-corrected chi connectivity index (χ1v) is 5.59. The van der Waals surface area contributed by atoms with Gasteiger partial charge >= 0.3 is 0 Å². The monoisotopic (exact) mass is 194 g/mol. The van der Waals surface area contributed by atoms with Crippen LogP contribution in [-0.4, -0.2) is 11.7 Å². The molecule has 0 aromatic carbocycles. The third-order valence-corrected chi connectivity index (χ3v) is 2.16. The summed E-state index contributed by atoms with van der Waals surface area (Å²) in [5, 5.41) is 8.41. The van der Waals surface area contributed by atoms with Gasteiger partial charge in [0.05, 0.1) is 0 Å². The molecule has 0 rings (SSSR count). The summed E-state index contributed by atoms with van der Waals surface area (Å²) in [5.41, 5.74) is 0. The maximum Gasteiger partial charge on any atom is 0.104 e.